The molecule has 1 rings (SSSR count). The van der Waals surface area contributed by atoms with Gasteiger partial charge in [-0.2, -0.15) is 0 Å². The van der Waals surface area contributed by atoms with Crippen LogP contribution < -0.4 is 5.32 Å². The van der Waals surface area contributed by atoms with E-state index in [2.05, 4.69) is 5.32 Å². The molecule has 4 heteroatoms. The third kappa shape index (κ3) is 3.85. The summed E-state index contributed by atoms with van der Waals surface area (Å²) in [5.41, 5.74) is 1.64. The molecule has 2 N–H and O–H groups in total. The number of rotatable bonds is 5. The van der Waals surface area contributed by atoms with Gasteiger partial charge in [0.1, 0.15) is 5.82 Å². The van der Waals surface area contributed by atoms with Crippen LogP contribution in [0, 0.1) is 12.7 Å². The molecule has 0 aliphatic heterocycles. The van der Waals surface area contributed by atoms with Crippen molar-refractivity contribution in [1.82, 2.24) is 0 Å². The number of halogens is 1. The Morgan fingerprint density at radius 1 is 1.53 bits per heavy atom. The van der Waals surface area contributed by atoms with Crippen LogP contribution in [0.3, 0.4) is 0 Å². The van der Waals surface area contributed by atoms with Gasteiger partial charge < -0.3 is 15.2 Å². The Bertz CT molecular complexity index is 317. The minimum atomic E-state index is -0.585. The van der Waals surface area contributed by atoms with E-state index in [0.29, 0.717) is 12.2 Å². The highest BCUT2D eigenvalue weighted by Gasteiger charge is 2.04. The Balaban J connectivity index is 2.53. The maximum absolute atomic E-state index is 12.9. The van der Waals surface area contributed by atoms with Crippen LogP contribution >= 0.6 is 0 Å². The Hall–Kier alpha value is -1.13. The van der Waals surface area contributed by atoms with Crippen molar-refractivity contribution >= 4 is 5.69 Å². The summed E-state index contributed by atoms with van der Waals surface area (Å²) in [6.45, 7) is 2.49. The fourth-order valence-electron chi connectivity index (χ4n) is 1.26. The zero-order valence-electron chi connectivity index (χ0n) is 8.96. The number of hydrogen-bond donors (Lipinski definition) is 2. The van der Waals surface area contributed by atoms with Gasteiger partial charge in [-0.3, -0.25) is 0 Å². The molecular weight excluding hydrogens is 197 g/mol. The van der Waals surface area contributed by atoms with Crippen molar-refractivity contribution in [3.63, 3.8) is 0 Å². The zero-order chi connectivity index (χ0) is 11.3. The van der Waals surface area contributed by atoms with Gasteiger partial charge in [-0.1, -0.05) is 6.07 Å². The Morgan fingerprint density at radius 2 is 2.27 bits per heavy atom. The van der Waals surface area contributed by atoms with Crippen LogP contribution in [-0.4, -0.2) is 31.5 Å². The van der Waals surface area contributed by atoms with Crippen molar-refractivity contribution in [3.8, 4) is 0 Å². The summed E-state index contributed by atoms with van der Waals surface area (Å²) in [7, 11) is 1.52. The molecule has 0 spiro atoms. The number of benzene rings is 1. The van der Waals surface area contributed by atoms with E-state index >= 15 is 0 Å². The van der Waals surface area contributed by atoms with E-state index in [4.69, 9.17) is 4.74 Å². The third-order valence-corrected chi connectivity index (χ3v) is 2.09. The molecule has 0 saturated carbocycles. The summed E-state index contributed by atoms with van der Waals surface area (Å²) in [6, 6.07) is 4.52. The Kier molecular flexibility index (Phi) is 4.52. The number of methoxy groups -OCH3 is 1. The monoisotopic (exact) mass is 213 g/mol. The predicted molar refractivity (Wildman–Crippen MR) is 57.5 cm³/mol. The minimum absolute atomic E-state index is 0.265. The highest BCUT2D eigenvalue weighted by molar-refractivity contribution is 5.50. The molecule has 0 fully saturated rings. The molecule has 0 heterocycles. The Labute approximate surface area is 88.9 Å². The average Bonchev–Trinajstić information content (AvgIpc) is 2.20. The molecule has 0 bridgehead atoms. The molecule has 15 heavy (non-hydrogen) atoms. The molecule has 1 aromatic rings. The normalized spacial score (nSPS) is 12.5. The maximum Gasteiger partial charge on any atom is 0.125 e. The Morgan fingerprint density at radius 3 is 2.93 bits per heavy atom. The number of nitrogens with one attached hydrogen (secondary N) is 1. The van der Waals surface area contributed by atoms with Crippen LogP contribution in [-0.2, 0) is 4.74 Å². The van der Waals surface area contributed by atoms with Gasteiger partial charge in [-0.05, 0) is 24.6 Å². The maximum atomic E-state index is 12.9. The van der Waals surface area contributed by atoms with Gasteiger partial charge in [-0.15, -0.1) is 0 Å². The van der Waals surface area contributed by atoms with Crippen LogP contribution in [0.2, 0.25) is 0 Å². The summed E-state index contributed by atoms with van der Waals surface area (Å²) in [5, 5.41) is 12.4. The van der Waals surface area contributed by atoms with Crippen LogP contribution in [0.1, 0.15) is 5.56 Å². The lowest BCUT2D eigenvalue weighted by Gasteiger charge is -2.13. The first-order valence-electron chi connectivity index (χ1n) is 4.80. The lowest BCUT2D eigenvalue weighted by atomic mass is 10.2. The third-order valence-electron chi connectivity index (χ3n) is 2.09. The van der Waals surface area contributed by atoms with Gasteiger partial charge in [-0.25, -0.2) is 4.39 Å². The molecular formula is C11H16FNO2. The van der Waals surface area contributed by atoms with Gasteiger partial charge in [0, 0.05) is 19.3 Å². The second kappa shape index (κ2) is 5.68. The number of ether oxygens (including phenoxy) is 1. The first kappa shape index (κ1) is 11.9. The highest BCUT2D eigenvalue weighted by Crippen LogP contribution is 2.15. The first-order valence-corrected chi connectivity index (χ1v) is 4.80. The van der Waals surface area contributed by atoms with E-state index < -0.39 is 6.10 Å². The van der Waals surface area contributed by atoms with E-state index in [-0.39, 0.29) is 12.4 Å². The largest absolute Gasteiger partial charge is 0.389 e. The summed E-state index contributed by atoms with van der Waals surface area (Å²) in [6.07, 6.45) is -0.585. The lowest BCUT2D eigenvalue weighted by molar-refractivity contribution is 0.0727. The first-order chi connectivity index (χ1) is 7.13. The molecule has 1 atom stereocenters. The van der Waals surface area contributed by atoms with Crippen LogP contribution in [0.25, 0.3) is 0 Å². The van der Waals surface area contributed by atoms with Gasteiger partial charge in [0.05, 0.1) is 12.7 Å². The number of hydrogen-bond acceptors (Lipinski definition) is 3. The average molecular weight is 213 g/mol. The second-order valence-electron chi connectivity index (χ2n) is 3.45. The number of aryl methyl sites for hydroxylation is 1. The van der Waals surface area contributed by atoms with E-state index in [1.54, 1.807) is 6.07 Å². The topological polar surface area (TPSA) is 41.5 Å². The van der Waals surface area contributed by atoms with Gasteiger partial charge >= 0.3 is 0 Å². The quantitative estimate of drug-likeness (QED) is 0.779. The second-order valence-corrected chi connectivity index (χ2v) is 3.45. The predicted octanol–water partition coefficient (Wildman–Crippen LogP) is 1.55. The van der Waals surface area contributed by atoms with Crippen LogP contribution in [0.15, 0.2) is 18.2 Å². The van der Waals surface area contributed by atoms with E-state index in [9.17, 15) is 9.50 Å². The van der Waals surface area contributed by atoms with Gasteiger partial charge in [0.15, 0.2) is 0 Å². The fraction of sp³-hybridized carbons (Fsp3) is 0.455. The van der Waals surface area contributed by atoms with Gasteiger partial charge in [0.25, 0.3) is 0 Å². The molecule has 3 nitrogen and oxygen atoms in total. The molecule has 0 aliphatic carbocycles. The molecule has 0 radical (unpaired) electrons. The molecule has 0 aliphatic rings. The molecule has 1 unspecified atom stereocenters. The summed E-state index contributed by atoms with van der Waals surface area (Å²) >= 11 is 0. The molecule has 84 valence electrons. The van der Waals surface area contributed by atoms with Gasteiger partial charge in [0.2, 0.25) is 0 Å². The zero-order valence-corrected chi connectivity index (χ0v) is 8.96. The van der Waals surface area contributed by atoms with Crippen molar-refractivity contribution < 1.29 is 14.2 Å². The molecule has 0 saturated heterocycles. The lowest BCUT2D eigenvalue weighted by Crippen LogP contribution is -2.24. The number of aliphatic hydroxyl groups excluding tert-OH is 1. The number of anilines is 1. The van der Waals surface area contributed by atoms with Crippen LogP contribution in [0.5, 0.6) is 0 Å². The summed E-state index contributed by atoms with van der Waals surface area (Å²) < 4.78 is 17.7. The summed E-state index contributed by atoms with van der Waals surface area (Å²) in [5.74, 6) is -0.288. The standard InChI is InChI=1S/C11H16FNO2/c1-8-3-4-9(12)5-11(8)13-6-10(14)7-15-2/h3-5,10,13-14H,6-7H2,1-2H3. The number of aliphatic hydroxyl groups is 1. The van der Waals surface area contributed by atoms with E-state index in [1.807, 2.05) is 6.92 Å². The molecule has 0 amide bonds. The van der Waals surface area contributed by atoms with Crippen molar-refractivity contribution in [2.24, 2.45) is 0 Å². The van der Waals surface area contributed by atoms with Crippen molar-refractivity contribution in [2.75, 3.05) is 25.6 Å². The van der Waals surface area contributed by atoms with Crippen molar-refractivity contribution in [2.45, 2.75) is 13.0 Å². The SMILES string of the molecule is COCC(O)CNc1cc(F)ccc1C. The van der Waals surface area contributed by atoms with Crippen molar-refractivity contribution in [1.29, 1.82) is 0 Å². The van der Waals surface area contributed by atoms with Crippen molar-refractivity contribution in [3.05, 3.63) is 29.6 Å². The minimum Gasteiger partial charge on any atom is -0.389 e. The van der Waals surface area contributed by atoms with E-state index in [1.165, 1.54) is 19.2 Å². The molecule has 1 aromatic carbocycles. The summed E-state index contributed by atoms with van der Waals surface area (Å²) in [4.78, 5) is 0. The molecule has 0 aromatic heterocycles. The smallest absolute Gasteiger partial charge is 0.125 e. The fourth-order valence-corrected chi connectivity index (χ4v) is 1.26. The van der Waals surface area contributed by atoms with Crippen LogP contribution in [0.4, 0.5) is 10.1 Å². The highest BCUT2D eigenvalue weighted by atomic mass is 19.1. The van der Waals surface area contributed by atoms with E-state index in [0.717, 1.165) is 5.56 Å².